The van der Waals surface area contributed by atoms with E-state index in [9.17, 15) is 14.4 Å². The third-order valence-electron chi connectivity index (χ3n) is 13.5. The van der Waals surface area contributed by atoms with Gasteiger partial charge in [-0.3, -0.25) is 14.4 Å². The van der Waals surface area contributed by atoms with Gasteiger partial charge in [-0.05, 0) is 135 Å². The molecular weight excluding hydrogens is 997 g/mol. The molecule has 0 saturated carbocycles. The monoisotopic (exact) mass is 1120 g/mol. The van der Waals surface area contributed by atoms with Crippen molar-refractivity contribution in [1.29, 1.82) is 0 Å². The molecule has 0 fully saturated rings. The van der Waals surface area contributed by atoms with Crippen molar-refractivity contribution in [3.63, 3.8) is 0 Å². The number of carbonyl (C=O) groups is 3. The van der Waals surface area contributed by atoms with Crippen LogP contribution in [0, 0.1) is 0 Å². The fourth-order valence-corrected chi connectivity index (χ4v) is 8.64. The van der Waals surface area contributed by atoms with Crippen molar-refractivity contribution in [2.24, 2.45) is 0 Å². The second kappa shape index (κ2) is 67.5. The Morgan fingerprint density at radius 2 is 0.506 bits per heavy atom. The van der Waals surface area contributed by atoms with E-state index in [2.05, 4.69) is 167 Å². The molecule has 0 radical (unpaired) electrons. The van der Waals surface area contributed by atoms with Gasteiger partial charge in [0.1, 0.15) is 13.2 Å². The van der Waals surface area contributed by atoms with Crippen LogP contribution in [0.4, 0.5) is 0 Å². The summed E-state index contributed by atoms with van der Waals surface area (Å²) in [7, 11) is 0. The molecule has 6 heteroatoms. The summed E-state index contributed by atoms with van der Waals surface area (Å²) in [6.07, 6.45) is 98.4. The summed E-state index contributed by atoms with van der Waals surface area (Å²) < 4.78 is 16.8. The SMILES string of the molecule is CC/C=C\C/C=C\C/C=C\C/C=C\C/C=C\C/C=C\C/C=C\CCCCCC(=O)OCC(COC(=O)CC/C=C\C/C=C\C/C=C\C/C=C\CC)OC(=O)CCCCCCCCCCCCCCC/C=C\C/C=C\CCCCCCC. The van der Waals surface area contributed by atoms with Gasteiger partial charge in [0.15, 0.2) is 6.10 Å². The summed E-state index contributed by atoms with van der Waals surface area (Å²) in [6, 6.07) is 0. The Balaban J connectivity index is 4.44. The maximum Gasteiger partial charge on any atom is 0.306 e. The summed E-state index contributed by atoms with van der Waals surface area (Å²) in [5.41, 5.74) is 0. The van der Waals surface area contributed by atoms with Crippen LogP contribution in [0.15, 0.2) is 158 Å². The Labute approximate surface area is 499 Å². The largest absolute Gasteiger partial charge is 0.462 e. The van der Waals surface area contributed by atoms with Gasteiger partial charge in [0, 0.05) is 19.3 Å². The van der Waals surface area contributed by atoms with Crippen molar-refractivity contribution >= 4 is 17.9 Å². The number of allylic oxidation sites excluding steroid dienone is 26. The van der Waals surface area contributed by atoms with E-state index >= 15 is 0 Å². The first kappa shape index (κ1) is 76.0. The topological polar surface area (TPSA) is 78.9 Å². The molecule has 0 N–H and O–H groups in total. The highest BCUT2D eigenvalue weighted by molar-refractivity contribution is 5.71. The van der Waals surface area contributed by atoms with E-state index in [1.165, 1.54) is 109 Å². The normalized spacial score (nSPS) is 13.2. The van der Waals surface area contributed by atoms with Crippen molar-refractivity contribution in [2.75, 3.05) is 13.2 Å². The minimum absolute atomic E-state index is 0.124. The van der Waals surface area contributed by atoms with E-state index < -0.39 is 6.10 Å². The minimum Gasteiger partial charge on any atom is -0.462 e. The molecule has 0 heterocycles. The van der Waals surface area contributed by atoms with E-state index in [0.29, 0.717) is 19.3 Å². The van der Waals surface area contributed by atoms with Crippen molar-refractivity contribution in [3.05, 3.63) is 158 Å². The molecule has 0 aliphatic rings. The van der Waals surface area contributed by atoms with Crippen molar-refractivity contribution < 1.29 is 28.6 Å². The molecule has 0 bridgehead atoms. The van der Waals surface area contributed by atoms with Gasteiger partial charge >= 0.3 is 17.9 Å². The lowest BCUT2D eigenvalue weighted by molar-refractivity contribution is -0.166. The Hall–Kier alpha value is -4.97. The molecule has 0 rings (SSSR count). The van der Waals surface area contributed by atoms with Gasteiger partial charge in [0.25, 0.3) is 0 Å². The Bertz CT molecular complexity index is 1810. The molecule has 456 valence electrons. The summed E-state index contributed by atoms with van der Waals surface area (Å²) in [5, 5.41) is 0. The molecule has 0 saturated heterocycles. The van der Waals surface area contributed by atoms with Gasteiger partial charge in [-0.2, -0.15) is 0 Å². The zero-order chi connectivity index (χ0) is 58.5. The number of hydrogen-bond donors (Lipinski definition) is 0. The van der Waals surface area contributed by atoms with Crippen LogP contribution in [0.3, 0.4) is 0 Å². The lowest BCUT2D eigenvalue weighted by Gasteiger charge is -2.18. The van der Waals surface area contributed by atoms with Crippen LogP contribution >= 0.6 is 0 Å². The number of carbonyl (C=O) groups excluding carboxylic acids is 3. The summed E-state index contributed by atoms with van der Waals surface area (Å²) in [5.74, 6) is -1.04. The zero-order valence-electron chi connectivity index (χ0n) is 52.2. The number of ether oxygens (including phenoxy) is 3. The van der Waals surface area contributed by atoms with Gasteiger partial charge in [0.2, 0.25) is 0 Å². The number of esters is 3. The Morgan fingerprint density at radius 3 is 0.840 bits per heavy atom. The molecule has 81 heavy (non-hydrogen) atoms. The Kier molecular flexibility index (Phi) is 63.4. The first-order valence-corrected chi connectivity index (χ1v) is 33.0. The maximum atomic E-state index is 12.9. The van der Waals surface area contributed by atoms with Crippen LogP contribution in [0.1, 0.15) is 278 Å². The van der Waals surface area contributed by atoms with E-state index in [4.69, 9.17) is 14.2 Å². The second-order valence-corrected chi connectivity index (χ2v) is 21.3. The molecule has 1 atom stereocenters. The first-order chi connectivity index (χ1) is 40.0. The predicted molar refractivity (Wildman–Crippen MR) is 352 cm³/mol. The van der Waals surface area contributed by atoms with Crippen molar-refractivity contribution in [3.8, 4) is 0 Å². The van der Waals surface area contributed by atoms with Crippen LogP contribution in [-0.2, 0) is 28.6 Å². The number of hydrogen-bond acceptors (Lipinski definition) is 6. The van der Waals surface area contributed by atoms with Crippen LogP contribution in [0.25, 0.3) is 0 Å². The van der Waals surface area contributed by atoms with E-state index in [-0.39, 0.29) is 37.5 Å². The molecule has 1 unspecified atom stereocenters. The maximum absolute atomic E-state index is 12.9. The molecule has 0 aliphatic heterocycles. The summed E-state index contributed by atoms with van der Waals surface area (Å²) in [6.45, 7) is 6.31. The summed E-state index contributed by atoms with van der Waals surface area (Å²) in [4.78, 5) is 38.3. The third-order valence-corrected chi connectivity index (χ3v) is 13.5. The standard InChI is InChI=1S/C75H120O6/c1-4-7-10-13-16-19-22-25-27-29-31-33-35-37-39-41-43-45-47-50-53-56-59-62-65-68-74(77)80-71-72(70-79-73(76)67-64-61-58-55-52-49-24-21-18-15-12-9-6-3)81-75(78)69-66-63-60-57-54-51-48-46-44-42-40-38-36-34-32-30-28-26-23-20-17-14-11-8-5-2/h7,9-10,12,16,18-19,21,23,25-27,30-33,37,39,43,45,49-50,52-53,58,61,72H,4-6,8,11,13-15,17,20,22,24,28-29,34-36,38,40-42,44,46-48,51,54-57,59-60,62-71H2,1-3H3/b10-7-,12-9-,19-16-,21-18-,26-23-,27-25-,32-30-,33-31-,39-37-,45-43-,52-49-,53-50-,61-58-. The highest BCUT2D eigenvalue weighted by Crippen LogP contribution is 2.15. The molecule has 6 nitrogen and oxygen atoms in total. The van der Waals surface area contributed by atoms with Gasteiger partial charge < -0.3 is 14.2 Å². The minimum atomic E-state index is -0.830. The highest BCUT2D eigenvalue weighted by atomic mass is 16.6. The highest BCUT2D eigenvalue weighted by Gasteiger charge is 2.19. The molecule has 0 spiro atoms. The van der Waals surface area contributed by atoms with Crippen LogP contribution in [0.2, 0.25) is 0 Å². The lowest BCUT2D eigenvalue weighted by Crippen LogP contribution is -2.30. The predicted octanol–water partition coefficient (Wildman–Crippen LogP) is 22.9. The Morgan fingerprint density at radius 1 is 0.259 bits per heavy atom. The van der Waals surface area contributed by atoms with E-state index in [1.807, 2.05) is 12.2 Å². The fourth-order valence-electron chi connectivity index (χ4n) is 8.64. The molecule has 0 aromatic rings. The average Bonchev–Trinajstić information content (AvgIpc) is 3.46. The average molecular weight is 1120 g/mol. The molecule has 0 aliphatic carbocycles. The number of unbranched alkanes of at least 4 members (excludes halogenated alkanes) is 21. The molecular formula is C75H120O6. The van der Waals surface area contributed by atoms with Crippen LogP contribution < -0.4 is 0 Å². The van der Waals surface area contributed by atoms with Crippen LogP contribution in [0.5, 0.6) is 0 Å². The lowest BCUT2D eigenvalue weighted by atomic mass is 10.0. The quantitative estimate of drug-likeness (QED) is 0.0261. The third kappa shape index (κ3) is 65.7. The second-order valence-electron chi connectivity index (χ2n) is 21.3. The van der Waals surface area contributed by atoms with Crippen molar-refractivity contribution in [2.45, 2.75) is 284 Å². The molecule has 0 aromatic heterocycles. The van der Waals surface area contributed by atoms with Gasteiger partial charge in [-0.1, -0.05) is 281 Å². The van der Waals surface area contributed by atoms with E-state index in [1.54, 1.807) is 0 Å². The first-order valence-electron chi connectivity index (χ1n) is 33.0. The molecule has 0 amide bonds. The fraction of sp³-hybridized carbons (Fsp3) is 0.613. The zero-order valence-corrected chi connectivity index (χ0v) is 52.2. The number of rotatable bonds is 58. The van der Waals surface area contributed by atoms with Gasteiger partial charge in [-0.15, -0.1) is 0 Å². The van der Waals surface area contributed by atoms with Crippen molar-refractivity contribution in [1.82, 2.24) is 0 Å². The van der Waals surface area contributed by atoms with Gasteiger partial charge in [-0.25, -0.2) is 0 Å². The van der Waals surface area contributed by atoms with E-state index in [0.717, 1.165) is 122 Å². The van der Waals surface area contributed by atoms with Gasteiger partial charge in [0.05, 0.1) is 0 Å². The smallest absolute Gasteiger partial charge is 0.306 e. The van der Waals surface area contributed by atoms with Crippen LogP contribution in [-0.4, -0.2) is 37.2 Å². The summed E-state index contributed by atoms with van der Waals surface area (Å²) >= 11 is 0. The molecule has 0 aromatic carbocycles.